The molecule has 1 aromatic rings. The van der Waals surface area contributed by atoms with E-state index in [2.05, 4.69) is 4.72 Å². The first kappa shape index (κ1) is 9.79. The van der Waals surface area contributed by atoms with Crippen molar-refractivity contribution in [2.45, 2.75) is 0 Å². The summed E-state index contributed by atoms with van der Waals surface area (Å²) in [6, 6.07) is 3.67. The number of rotatable bonds is 2. The van der Waals surface area contributed by atoms with E-state index in [0.29, 0.717) is 0 Å². The topological polar surface area (TPSA) is 73.2 Å². The predicted octanol–water partition coefficient (Wildman–Crippen LogP) is 1.53. The van der Waals surface area contributed by atoms with Crippen molar-refractivity contribution >= 4 is 15.6 Å². The van der Waals surface area contributed by atoms with Gasteiger partial charge in [0.1, 0.15) is 21.4 Å². The molecule has 0 aliphatic rings. The Morgan fingerprint density at radius 1 is 1.62 bits per heavy atom. The van der Waals surface area contributed by atoms with Crippen molar-refractivity contribution in [2.24, 2.45) is 0 Å². The Hall–Kier alpha value is -1.30. The van der Waals surface area contributed by atoms with Gasteiger partial charge < -0.3 is 5.11 Å². The highest BCUT2D eigenvalue weighted by Gasteiger charge is 2.09. The Labute approximate surface area is 75.5 Å². The molecule has 1 aromatic carbocycles. The zero-order valence-corrected chi connectivity index (χ0v) is 7.69. The van der Waals surface area contributed by atoms with Crippen molar-refractivity contribution in [1.29, 1.82) is 4.78 Å². The Morgan fingerprint density at radius 2 is 2.23 bits per heavy atom. The van der Waals surface area contributed by atoms with Gasteiger partial charge in [-0.3, -0.25) is 4.72 Å². The minimum absolute atomic E-state index is 0.301. The van der Waals surface area contributed by atoms with Gasteiger partial charge in [0.05, 0.1) is 0 Å². The second kappa shape index (κ2) is 3.21. The van der Waals surface area contributed by atoms with Gasteiger partial charge >= 0.3 is 0 Å². The maximum Gasteiger partial charge on any atom is 0.151 e. The number of aromatic hydroxyl groups is 1. The molecule has 0 saturated heterocycles. The van der Waals surface area contributed by atoms with E-state index in [4.69, 9.17) is 9.89 Å². The molecule has 0 radical (unpaired) electrons. The van der Waals surface area contributed by atoms with Crippen LogP contribution in [0.3, 0.4) is 0 Å². The van der Waals surface area contributed by atoms with Crippen molar-refractivity contribution < 1.29 is 13.7 Å². The number of phenolic OH excluding ortho intramolecular Hbond substituents is 1. The lowest BCUT2D eigenvalue weighted by Gasteiger charge is -2.08. The minimum atomic E-state index is -3.07. The highest BCUT2D eigenvalue weighted by atomic mass is 32.2. The number of para-hydroxylation sites is 1. The average Bonchev–Trinajstić information content (AvgIpc) is 1.95. The molecule has 0 bridgehead atoms. The van der Waals surface area contributed by atoms with Crippen molar-refractivity contribution in [2.75, 3.05) is 11.0 Å². The second-order valence-corrected chi connectivity index (χ2v) is 4.47. The molecular weight excluding hydrogens is 195 g/mol. The first-order valence-electron chi connectivity index (χ1n) is 3.39. The Bertz CT molecular complexity index is 396. The van der Waals surface area contributed by atoms with Gasteiger partial charge in [-0.2, -0.15) is 0 Å². The summed E-state index contributed by atoms with van der Waals surface area (Å²) >= 11 is 0. The van der Waals surface area contributed by atoms with Crippen LogP contribution >= 0.6 is 0 Å². The van der Waals surface area contributed by atoms with Crippen LogP contribution in [-0.2, 0) is 9.92 Å². The SMILES string of the molecule is CS(=N)(=O)Nc1c(O)cccc1F. The summed E-state index contributed by atoms with van der Waals surface area (Å²) in [7, 11) is -3.07. The van der Waals surface area contributed by atoms with Crippen LogP contribution in [-0.4, -0.2) is 15.6 Å². The highest BCUT2D eigenvalue weighted by Crippen LogP contribution is 2.26. The number of benzene rings is 1. The third kappa shape index (κ3) is 2.59. The fraction of sp³-hybridized carbons (Fsp3) is 0.143. The van der Waals surface area contributed by atoms with Crippen molar-refractivity contribution in [3.8, 4) is 5.75 Å². The van der Waals surface area contributed by atoms with Crippen molar-refractivity contribution in [3.63, 3.8) is 0 Å². The molecule has 0 saturated carbocycles. The van der Waals surface area contributed by atoms with Crippen LogP contribution in [0.2, 0.25) is 0 Å². The number of halogens is 1. The molecule has 3 N–H and O–H groups in total. The van der Waals surface area contributed by atoms with Gasteiger partial charge in [0.15, 0.2) is 5.82 Å². The number of hydrogen-bond acceptors (Lipinski definition) is 3. The van der Waals surface area contributed by atoms with Gasteiger partial charge in [-0.05, 0) is 12.1 Å². The van der Waals surface area contributed by atoms with Crippen LogP contribution in [0.25, 0.3) is 0 Å². The molecule has 0 spiro atoms. The third-order valence-electron chi connectivity index (χ3n) is 1.29. The molecule has 0 aliphatic carbocycles. The highest BCUT2D eigenvalue weighted by molar-refractivity contribution is 7.93. The van der Waals surface area contributed by atoms with Gasteiger partial charge in [0, 0.05) is 6.26 Å². The summed E-state index contributed by atoms with van der Waals surface area (Å²) in [4.78, 5) is 0. The Morgan fingerprint density at radius 3 is 2.69 bits per heavy atom. The van der Waals surface area contributed by atoms with Crippen LogP contribution in [0.15, 0.2) is 18.2 Å². The summed E-state index contributed by atoms with van der Waals surface area (Å²) in [5.74, 6) is -1.09. The molecule has 0 fully saturated rings. The second-order valence-electron chi connectivity index (χ2n) is 2.58. The maximum atomic E-state index is 12.9. The normalized spacial score (nSPS) is 14.9. The molecule has 13 heavy (non-hydrogen) atoms. The summed E-state index contributed by atoms with van der Waals surface area (Å²) < 4.78 is 33.0. The molecule has 0 aromatic heterocycles. The van der Waals surface area contributed by atoms with E-state index in [0.717, 1.165) is 12.3 Å². The molecule has 0 amide bonds. The van der Waals surface area contributed by atoms with E-state index >= 15 is 0 Å². The van der Waals surface area contributed by atoms with E-state index in [1.54, 1.807) is 0 Å². The van der Waals surface area contributed by atoms with E-state index in [9.17, 15) is 8.60 Å². The lowest BCUT2D eigenvalue weighted by molar-refractivity contribution is 0.473. The Kier molecular flexibility index (Phi) is 2.42. The molecule has 1 atom stereocenters. The van der Waals surface area contributed by atoms with Crippen LogP contribution in [0, 0.1) is 10.6 Å². The summed E-state index contributed by atoms with van der Waals surface area (Å²) in [5.41, 5.74) is -0.301. The number of hydrogen-bond donors (Lipinski definition) is 3. The van der Waals surface area contributed by atoms with Crippen LogP contribution < -0.4 is 4.72 Å². The first-order chi connectivity index (χ1) is 5.90. The quantitative estimate of drug-likeness (QED) is 0.639. The average molecular weight is 204 g/mol. The largest absolute Gasteiger partial charge is 0.506 e. The Balaban J connectivity index is 3.15. The maximum absolute atomic E-state index is 12.9. The molecule has 72 valence electrons. The third-order valence-corrected chi connectivity index (χ3v) is 1.88. The molecule has 1 unspecified atom stereocenters. The van der Waals surface area contributed by atoms with Gasteiger partial charge in [0.2, 0.25) is 0 Å². The van der Waals surface area contributed by atoms with Crippen LogP contribution in [0.5, 0.6) is 5.75 Å². The van der Waals surface area contributed by atoms with Crippen molar-refractivity contribution in [3.05, 3.63) is 24.0 Å². The van der Waals surface area contributed by atoms with Crippen molar-refractivity contribution in [1.82, 2.24) is 0 Å². The lowest BCUT2D eigenvalue weighted by atomic mass is 10.3. The van der Waals surface area contributed by atoms with E-state index < -0.39 is 15.7 Å². The molecule has 4 nitrogen and oxygen atoms in total. The monoisotopic (exact) mass is 204 g/mol. The predicted molar refractivity (Wildman–Crippen MR) is 48.5 cm³/mol. The molecule has 0 aliphatic heterocycles. The standard InChI is InChI=1S/C7H9FN2O2S/c1-13(9,12)10-7-5(8)3-2-4-6(7)11/h2-4,11H,1H3,(H2,9,10,12). The van der Waals surface area contributed by atoms with Gasteiger partial charge in [0.25, 0.3) is 0 Å². The lowest BCUT2D eigenvalue weighted by Crippen LogP contribution is -2.09. The zero-order chi connectivity index (χ0) is 10.1. The van der Waals surface area contributed by atoms with E-state index in [1.165, 1.54) is 12.1 Å². The van der Waals surface area contributed by atoms with E-state index in [-0.39, 0.29) is 11.4 Å². The number of anilines is 1. The molecule has 0 heterocycles. The minimum Gasteiger partial charge on any atom is -0.506 e. The molecule has 1 rings (SSSR count). The van der Waals surface area contributed by atoms with Gasteiger partial charge in [-0.15, -0.1) is 0 Å². The zero-order valence-electron chi connectivity index (χ0n) is 6.87. The van der Waals surface area contributed by atoms with E-state index in [1.807, 2.05) is 0 Å². The molecular formula is C7H9FN2O2S. The van der Waals surface area contributed by atoms with Gasteiger partial charge in [-0.1, -0.05) is 6.07 Å². The van der Waals surface area contributed by atoms with Crippen LogP contribution in [0.1, 0.15) is 0 Å². The van der Waals surface area contributed by atoms with Gasteiger partial charge in [-0.25, -0.2) is 13.4 Å². The first-order valence-corrected chi connectivity index (χ1v) is 5.36. The smallest absolute Gasteiger partial charge is 0.151 e. The fourth-order valence-corrected chi connectivity index (χ4v) is 1.40. The summed E-state index contributed by atoms with van der Waals surface area (Å²) in [6.45, 7) is 0. The van der Waals surface area contributed by atoms with Crippen LogP contribution in [0.4, 0.5) is 10.1 Å². The number of phenols is 1. The number of nitrogens with one attached hydrogen (secondary N) is 2. The summed E-state index contributed by atoms with van der Waals surface area (Å²) in [5, 5.41) is 9.14. The molecule has 6 heteroatoms. The fourth-order valence-electron chi connectivity index (χ4n) is 0.809. The summed E-state index contributed by atoms with van der Waals surface area (Å²) in [6.07, 6.45) is 1.10.